The third-order valence-electron chi connectivity index (χ3n) is 3.91. The second kappa shape index (κ2) is 8.63. The van der Waals surface area contributed by atoms with Gasteiger partial charge in [0.1, 0.15) is 6.04 Å². The minimum absolute atomic E-state index is 0.0464. The molecule has 0 heterocycles. The van der Waals surface area contributed by atoms with E-state index in [1.54, 1.807) is 48.5 Å². The molecule has 0 aliphatic rings. The third-order valence-corrected chi connectivity index (χ3v) is 4.24. The van der Waals surface area contributed by atoms with Gasteiger partial charge < -0.3 is 10.6 Å². The lowest BCUT2D eigenvalue weighted by atomic mass is 10.0. The number of ketones is 1. The second-order valence-corrected chi connectivity index (χ2v) is 6.70. The van der Waals surface area contributed by atoms with Gasteiger partial charge in [0.25, 0.3) is 5.91 Å². The molecule has 2 aromatic carbocycles. The summed E-state index contributed by atoms with van der Waals surface area (Å²) in [6.07, 6.45) is 0. The minimum Gasteiger partial charge on any atom is -0.340 e. The smallest absolute Gasteiger partial charge is 0.253 e. The Morgan fingerprint density at radius 2 is 1.58 bits per heavy atom. The van der Waals surface area contributed by atoms with Gasteiger partial charge in [0, 0.05) is 11.3 Å². The Bertz CT molecular complexity index is 816. The van der Waals surface area contributed by atoms with Gasteiger partial charge in [-0.15, -0.1) is 0 Å². The normalized spacial score (nSPS) is 11.7. The van der Waals surface area contributed by atoms with Crippen LogP contribution in [0.4, 0.5) is 5.69 Å². The number of benzene rings is 2. The monoisotopic (exact) mass is 372 g/mol. The summed E-state index contributed by atoms with van der Waals surface area (Å²) >= 11 is 6.04. The van der Waals surface area contributed by atoms with Crippen LogP contribution in [-0.2, 0) is 4.79 Å². The maximum atomic E-state index is 12.6. The van der Waals surface area contributed by atoms with Crippen molar-refractivity contribution in [3.05, 3.63) is 64.7 Å². The van der Waals surface area contributed by atoms with E-state index in [4.69, 9.17) is 11.6 Å². The van der Waals surface area contributed by atoms with Crippen LogP contribution in [0.5, 0.6) is 0 Å². The van der Waals surface area contributed by atoms with Crippen molar-refractivity contribution in [2.24, 2.45) is 5.92 Å². The molecule has 0 bridgehead atoms. The fourth-order valence-electron chi connectivity index (χ4n) is 2.41. The van der Waals surface area contributed by atoms with Crippen molar-refractivity contribution in [1.82, 2.24) is 5.32 Å². The van der Waals surface area contributed by atoms with Crippen LogP contribution in [-0.4, -0.2) is 23.6 Å². The van der Waals surface area contributed by atoms with E-state index in [0.717, 1.165) is 0 Å². The van der Waals surface area contributed by atoms with E-state index in [9.17, 15) is 14.4 Å². The maximum absolute atomic E-state index is 12.6. The second-order valence-electron chi connectivity index (χ2n) is 6.30. The molecule has 2 rings (SSSR count). The molecule has 0 saturated carbocycles. The summed E-state index contributed by atoms with van der Waals surface area (Å²) in [4.78, 5) is 36.4. The molecule has 0 aliphatic heterocycles. The van der Waals surface area contributed by atoms with Gasteiger partial charge in [0.05, 0.1) is 10.6 Å². The molecule has 0 saturated heterocycles. The minimum atomic E-state index is -0.730. The zero-order valence-electron chi connectivity index (χ0n) is 14.9. The Morgan fingerprint density at radius 3 is 2.12 bits per heavy atom. The first-order chi connectivity index (χ1) is 12.3. The average molecular weight is 373 g/mol. The molecule has 6 heteroatoms. The molecule has 26 heavy (non-hydrogen) atoms. The molecule has 5 nitrogen and oxygen atoms in total. The lowest BCUT2D eigenvalue weighted by Gasteiger charge is -2.22. The van der Waals surface area contributed by atoms with Gasteiger partial charge in [-0.1, -0.05) is 37.6 Å². The highest BCUT2D eigenvalue weighted by atomic mass is 35.5. The average Bonchev–Trinajstić information content (AvgIpc) is 2.59. The predicted octanol–water partition coefficient (Wildman–Crippen LogP) is 3.94. The van der Waals surface area contributed by atoms with Crippen molar-refractivity contribution in [2.75, 3.05) is 5.32 Å². The van der Waals surface area contributed by atoms with Crippen molar-refractivity contribution >= 4 is 34.9 Å². The largest absolute Gasteiger partial charge is 0.340 e. The highest BCUT2D eigenvalue weighted by Crippen LogP contribution is 2.16. The standard InChI is InChI=1S/C20H21ClN2O3/c1-12(2)18(23-19(25)16-6-4-5-7-17(16)21)20(26)22-15-10-8-14(9-11-15)13(3)24/h4-12,18H,1-3H3,(H,22,26)(H,23,25). The van der Waals surface area contributed by atoms with E-state index >= 15 is 0 Å². The number of carbonyl (C=O) groups excluding carboxylic acids is 3. The molecule has 0 spiro atoms. The van der Waals surface area contributed by atoms with Crippen molar-refractivity contribution in [3.8, 4) is 0 Å². The van der Waals surface area contributed by atoms with Crippen molar-refractivity contribution in [2.45, 2.75) is 26.8 Å². The number of halogens is 1. The number of hydrogen-bond acceptors (Lipinski definition) is 3. The molecule has 2 amide bonds. The van der Waals surface area contributed by atoms with Crippen LogP contribution in [0.2, 0.25) is 5.02 Å². The van der Waals surface area contributed by atoms with Crippen molar-refractivity contribution in [1.29, 1.82) is 0 Å². The van der Waals surface area contributed by atoms with E-state index in [2.05, 4.69) is 10.6 Å². The van der Waals surface area contributed by atoms with E-state index < -0.39 is 11.9 Å². The topological polar surface area (TPSA) is 75.3 Å². The molecule has 1 atom stereocenters. The Labute approximate surface area is 157 Å². The molecule has 0 radical (unpaired) electrons. The molecule has 136 valence electrons. The third kappa shape index (κ3) is 4.92. The van der Waals surface area contributed by atoms with E-state index in [-0.39, 0.29) is 17.6 Å². The number of Topliss-reactive ketones (excluding diaryl/α,β-unsaturated/α-hetero) is 1. The zero-order valence-corrected chi connectivity index (χ0v) is 15.6. The summed E-state index contributed by atoms with van der Waals surface area (Å²) in [5.41, 5.74) is 1.44. The van der Waals surface area contributed by atoms with Crippen LogP contribution < -0.4 is 10.6 Å². The summed E-state index contributed by atoms with van der Waals surface area (Å²) in [5.74, 6) is -0.916. The Kier molecular flexibility index (Phi) is 6.52. The van der Waals surface area contributed by atoms with Crippen LogP contribution in [0, 0.1) is 5.92 Å². The Balaban J connectivity index is 2.11. The summed E-state index contributed by atoms with van der Waals surface area (Å²) in [6, 6.07) is 12.5. The first-order valence-corrected chi connectivity index (χ1v) is 8.64. The van der Waals surface area contributed by atoms with E-state index in [1.807, 2.05) is 13.8 Å². The number of anilines is 1. The van der Waals surface area contributed by atoms with Gasteiger partial charge in [-0.05, 0) is 49.2 Å². The maximum Gasteiger partial charge on any atom is 0.253 e. The van der Waals surface area contributed by atoms with Crippen LogP contribution in [0.1, 0.15) is 41.5 Å². The fraction of sp³-hybridized carbons (Fsp3) is 0.250. The molecule has 0 fully saturated rings. The number of rotatable bonds is 6. The number of amides is 2. The molecule has 2 N–H and O–H groups in total. The van der Waals surface area contributed by atoms with Gasteiger partial charge in [-0.3, -0.25) is 14.4 Å². The first-order valence-electron chi connectivity index (χ1n) is 8.27. The van der Waals surface area contributed by atoms with Crippen molar-refractivity contribution < 1.29 is 14.4 Å². The molecule has 2 aromatic rings. The number of hydrogen-bond donors (Lipinski definition) is 2. The summed E-state index contributed by atoms with van der Waals surface area (Å²) < 4.78 is 0. The number of carbonyl (C=O) groups is 3. The fourth-order valence-corrected chi connectivity index (χ4v) is 2.63. The van der Waals surface area contributed by atoms with Gasteiger partial charge in [-0.2, -0.15) is 0 Å². The predicted molar refractivity (Wildman–Crippen MR) is 103 cm³/mol. The first kappa shape index (κ1) is 19.7. The van der Waals surface area contributed by atoms with Crippen LogP contribution in [0.3, 0.4) is 0 Å². The Hall–Kier alpha value is -2.66. The van der Waals surface area contributed by atoms with Crippen LogP contribution >= 0.6 is 11.6 Å². The van der Waals surface area contributed by atoms with Crippen LogP contribution in [0.25, 0.3) is 0 Å². The lowest BCUT2D eigenvalue weighted by Crippen LogP contribution is -2.47. The van der Waals surface area contributed by atoms with Gasteiger partial charge >= 0.3 is 0 Å². The van der Waals surface area contributed by atoms with Crippen molar-refractivity contribution in [3.63, 3.8) is 0 Å². The molecule has 1 unspecified atom stereocenters. The van der Waals surface area contributed by atoms with Gasteiger partial charge in [-0.25, -0.2) is 0 Å². The van der Waals surface area contributed by atoms with Crippen LogP contribution in [0.15, 0.2) is 48.5 Å². The summed E-state index contributed by atoms with van der Waals surface area (Å²) in [5, 5.41) is 5.82. The SMILES string of the molecule is CC(=O)c1ccc(NC(=O)C(NC(=O)c2ccccc2Cl)C(C)C)cc1. The number of nitrogens with one attached hydrogen (secondary N) is 2. The lowest BCUT2D eigenvalue weighted by molar-refractivity contribution is -0.118. The molecule has 0 aromatic heterocycles. The molecular weight excluding hydrogens is 352 g/mol. The summed E-state index contributed by atoms with van der Waals surface area (Å²) in [7, 11) is 0. The summed E-state index contributed by atoms with van der Waals surface area (Å²) in [6.45, 7) is 5.17. The van der Waals surface area contributed by atoms with Gasteiger partial charge in [0.2, 0.25) is 5.91 Å². The highest BCUT2D eigenvalue weighted by molar-refractivity contribution is 6.33. The zero-order chi connectivity index (χ0) is 19.3. The Morgan fingerprint density at radius 1 is 0.962 bits per heavy atom. The van der Waals surface area contributed by atoms with Gasteiger partial charge in [0.15, 0.2) is 5.78 Å². The molecular formula is C20H21ClN2O3. The van der Waals surface area contributed by atoms with E-state index in [1.165, 1.54) is 6.92 Å². The molecule has 0 aliphatic carbocycles. The highest BCUT2D eigenvalue weighted by Gasteiger charge is 2.25. The van der Waals surface area contributed by atoms with E-state index in [0.29, 0.717) is 21.8 Å². The quantitative estimate of drug-likeness (QED) is 0.754.